The van der Waals surface area contributed by atoms with E-state index in [0.29, 0.717) is 31.6 Å². The highest BCUT2D eigenvalue weighted by Crippen LogP contribution is 2.48. The number of carbonyl (C=O) groups excluding carboxylic acids is 2. The summed E-state index contributed by atoms with van der Waals surface area (Å²) in [5.74, 6) is -0.121. The van der Waals surface area contributed by atoms with Crippen molar-refractivity contribution in [1.29, 1.82) is 0 Å². The van der Waals surface area contributed by atoms with Gasteiger partial charge in [-0.15, -0.1) is 11.3 Å². The van der Waals surface area contributed by atoms with E-state index in [-0.39, 0.29) is 23.1 Å². The van der Waals surface area contributed by atoms with Gasteiger partial charge in [0.15, 0.2) is 0 Å². The molecule has 2 aliphatic rings. The SMILES string of the molecule is O=C(Nc1cccc(C(F)(F)F)c1)NC1CC2(C1)CN(C(=O)c1ncnc3ccsc13)C2. The molecule has 1 aliphatic heterocycles. The molecule has 1 saturated carbocycles. The van der Waals surface area contributed by atoms with E-state index in [1.807, 2.05) is 11.4 Å². The zero-order valence-electron chi connectivity index (χ0n) is 16.6. The van der Waals surface area contributed by atoms with Crippen molar-refractivity contribution >= 4 is 39.2 Å². The first-order valence-electron chi connectivity index (χ1n) is 9.95. The highest BCUT2D eigenvalue weighted by atomic mass is 32.1. The number of fused-ring (bicyclic) bond motifs is 1. The van der Waals surface area contributed by atoms with Gasteiger partial charge in [-0.05, 0) is 42.5 Å². The summed E-state index contributed by atoms with van der Waals surface area (Å²) in [6.45, 7) is 1.19. The van der Waals surface area contributed by atoms with Gasteiger partial charge in [0.25, 0.3) is 5.91 Å². The van der Waals surface area contributed by atoms with Crippen molar-refractivity contribution < 1.29 is 22.8 Å². The van der Waals surface area contributed by atoms with Gasteiger partial charge in [0.1, 0.15) is 12.0 Å². The molecule has 0 radical (unpaired) electrons. The maximum Gasteiger partial charge on any atom is 0.416 e. The van der Waals surface area contributed by atoms with Crippen molar-refractivity contribution in [1.82, 2.24) is 20.2 Å². The summed E-state index contributed by atoms with van der Waals surface area (Å²) in [5, 5.41) is 7.12. The first-order chi connectivity index (χ1) is 15.2. The normalized spacial score (nSPS) is 17.7. The molecular weight excluding hydrogens is 443 g/mol. The quantitative estimate of drug-likeness (QED) is 0.614. The average molecular weight is 461 g/mol. The Morgan fingerprint density at radius 2 is 1.94 bits per heavy atom. The molecule has 5 rings (SSSR count). The number of nitrogens with one attached hydrogen (secondary N) is 2. The predicted molar refractivity (Wildman–Crippen MR) is 112 cm³/mol. The maximum absolute atomic E-state index is 12.8. The fraction of sp³-hybridized carbons (Fsp3) is 0.333. The molecule has 0 unspecified atom stereocenters. The van der Waals surface area contributed by atoms with Crippen molar-refractivity contribution in [2.45, 2.75) is 25.1 Å². The first kappa shape index (κ1) is 20.7. The van der Waals surface area contributed by atoms with E-state index in [2.05, 4.69) is 20.6 Å². The van der Waals surface area contributed by atoms with Crippen LogP contribution in [0.25, 0.3) is 10.2 Å². The Morgan fingerprint density at radius 3 is 2.69 bits per heavy atom. The number of halogens is 3. The van der Waals surface area contributed by atoms with Gasteiger partial charge < -0.3 is 15.5 Å². The van der Waals surface area contributed by atoms with Crippen LogP contribution < -0.4 is 10.6 Å². The monoisotopic (exact) mass is 461 g/mol. The minimum absolute atomic E-state index is 0.0224. The third-order valence-corrected chi connectivity index (χ3v) is 6.84. The van der Waals surface area contributed by atoms with Crippen LogP contribution in [-0.2, 0) is 6.18 Å². The van der Waals surface area contributed by atoms with E-state index < -0.39 is 17.8 Å². The summed E-state index contributed by atoms with van der Waals surface area (Å²) in [6, 6.07) is 5.73. The largest absolute Gasteiger partial charge is 0.416 e. The molecule has 2 fully saturated rings. The number of hydrogen-bond acceptors (Lipinski definition) is 5. The Bertz CT molecular complexity index is 1200. The summed E-state index contributed by atoms with van der Waals surface area (Å²) in [5.41, 5.74) is 0.403. The third kappa shape index (κ3) is 3.77. The molecule has 11 heteroatoms. The van der Waals surface area contributed by atoms with Crippen LogP contribution >= 0.6 is 11.3 Å². The summed E-state index contributed by atoms with van der Waals surface area (Å²) >= 11 is 1.43. The highest BCUT2D eigenvalue weighted by Gasteiger charge is 2.54. The Hall–Kier alpha value is -3.21. The van der Waals surface area contributed by atoms with Crippen molar-refractivity contribution in [3.8, 4) is 0 Å². The molecule has 3 aromatic rings. The number of alkyl halides is 3. The topological polar surface area (TPSA) is 87.2 Å². The number of rotatable bonds is 3. The lowest BCUT2D eigenvalue weighted by Crippen LogP contribution is -2.67. The Kier molecular flexibility index (Phi) is 4.81. The third-order valence-electron chi connectivity index (χ3n) is 5.93. The van der Waals surface area contributed by atoms with Crippen LogP contribution in [0.1, 0.15) is 28.9 Å². The van der Waals surface area contributed by atoms with Gasteiger partial charge in [0.2, 0.25) is 0 Å². The average Bonchev–Trinajstić information content (AvgIpc) is 3.16. The van der Waals surface area contributed by atoms with Gasteiger partial charge >= 0.3 is 12.2 Å². The molecule has 166 valence electrons. The number of amides is 3. The number of benzene rings is 1. The molecule has 7 nitrogen and oxygen atoms in total. The van der Waals surface area contributed by atoms with E-state index >= 15 is 0 Å². The van der Waals surface area contributed by atoms with Gasteiger partial charge in [-0.1, -0.05) is 6.07 Å². The Balaban J connectivity index is 1.12. The van der Waals surface area contributed by atoms with E-state index in [4.69, 9.17) is 0 Å². The lowest BCUT2D eigenvalue weighted by molar-refractivity contribution is -0.137. The smallest absolute Gasteiger partial charge is 0.336 e. The second-order valence-electron chi connectivity index (χ2n) is 8.30. The molecule has 3 heterocycles. The number of hydrogen-bond donors (Lipinski definition) is 2. The van der Waals surface area contributed by atoms with Crippen molar-refractivity contribution in [2.75, 3.05) is 18.4 Å². The number of carbonyl (C=O) groups is 2. The van der Waals surface area contributed by atoms with E-state index in [9.17, 15) is 22.8 Å². The molecule has 2 N–H and O–H groups in total. The van der Waals surface area contributed by atoms with Crippen LogP contribution in [0.15, 0.2) is 42.0 Å². The standard InChI is InChI=1S/C21H18F3N5O2S/c22-21(23,24)12-2-1-3-13(6-12)27-19(31)28-14-7-20(8-14)9-29(10-20)18(30)16-17-15(4-5-32-17)25-11-26-16/h1-6,11,14H,7-10H2,(H2,27,28,31). The zero-order chi connectivity index (χ0) is 22.5. The molecule has 3 amide bonds. The minimum Gasteiger partial charge on any atom is -0.336 e. The molecular formula is C21H18F3N5O2S. The molecule has 1 aliphatic carbocycles. The van der Waals surface area contributed by atoms with Gasteiger partial charge in [0, 0.05) is 30.2 Å². The van der Waals surface area contributed by atoms with E-state index in [0.717, 1.165) is 22.3 Å². The van der Waals surface area contributed by atoms with Gasteiger partial charge in [-0.3, -0.25) is 4.79 Å². The number of aromatic nitrogens is 2. The summed E-state index contributed by atoms with van der Waals surface area (Å²) in [7, 11) is 0. The molecule has 0 bridgehead atoms. The molecule has 1 spiro atoms. The van der Waals surface area contributed by atoms with Crippen LogP contribution in [0.3, 0.4) is 0 Å². The van der Waals surface area contributed by atoms with Crippen molar-refractivity contribution in [2.24, 2.45) is 5.41 Å². The number of thiophene rings is 1. The highest BCUT2D eigenvalue weighted by molar-refractivity contribution is 7.17. The molecule has 1 saturated heterocycles. The van der Waals surface area contributed by atoms with Crippen LogP contribution in [0, 0.1) is 5.41 Å². The Labute approximate surface area is 184 Å². The molecule has 32 heavy (non-hydrogen) atoms. The minimum atomic E-state index is -4.47. The molecule has 1 aromatic carbocycles. The van der Waals surface area contributed by atoms with Crippen molar-refractivity contribution in [3.63, 3.8) is 0 Å². The van der Waals surface area contributed by atoms with Crippen LogP contribution in [0.5, 0.6) is 0 Å². The van der Waals surface area contributed by atoms with E-state index in [1.54, 1.807) is 4.90 Å². The first-order valence-corrected chi connectivity index (χ1v) is 10.8. The lowest BCUT2D eigenvalue weighted by atomic mass is 9.60. The fourth-order valence-electron chi connectivity index (χ4n) is 4.47. The molecule has 0 atom stereocenters. The number of anilines is 1. The number of nitrogens with zero attached hydrogens (tertiary/aromatic N) is 3. The lowest BCUT2D eigenvalue weighted by Gasteiger charge is -2.58. The Morgan fingerprint density at radius 1 is 1.16 bits per heavy atom. The van der Waals surface area contributed by atoms with Crippen LogP contribution in [0.4, 0.5) is 23.7 Å². The summed E-state index contributed by atoms with van der Waals surface area (Å²) in [4.78, 5) is 35.0. The van der Waals surface area contributed by atoms with E-state index in [1.165, 1.54) is 29.8 Å². The van der Waals surface area contributed by atoms with Crippen LogP contribution in [-0.4, -0.2) is 45.9 Å². The van der Waals surface area contributed by atoms with Crippen molar-refractivity contribution in [3.05, 3.63) is 53.3 Å². The predicted octanol–water partition coefficient (Wildman–Crippen LogP) is 4.14. The van der Waals surface area contributed by atoms with Gasteiger partial charge in [-0.2, -0.15) is 13.2 Å². The zero-order valence-corrected chi connectivity index (χ0v) is 17.5. The van der Waals surface area contributed by atoms with Gasteiger partial charge in [-0.25, -0.2) is 14.8 Å². The summed E-state index contributed by atoms with van der Waals surface area (Å²) in [6.07, 6.45) is -1.65. The van der Waals surface area contributed by atoms with Gasteiger partial charge in [0.05, 0.1) is 15.8 Å². The fourth-order valence-corrected chi connectivity index (χ4v) is 5.30. The second-order valence-corrected chi connectivity index (χ2v) is 9.22. The maximum atomic E-state index is 12.8. The molecule has 2 aromatic heterocycles. The second kappa shape index (κ2) is 7.44. The van der Waals surface area contributed by atoms with Crippen LogP contribution in [0.2, 0.25) is 0 Å². The number of urea groups is 1. The number of likely N-dealkylation sites (tertiary alicyclic amines) is 1. The summed E-state index contributed by atoms with van der Waals surface area (Å²) < 4.78 is 39.2.